The van der Waals surface area contributed by atoms with E-state index in [4.69, 9.17) is 11.6 Å². The number of carbonyl (C=O) groups is 1. The fraction of sp³-hybridized carbons (Fsp3) is 0.0556. The van der Waals surface area contributed by atoms with Crippen LogP contribution < -0.4 is 5.32 Å². The number of halogens is 1. The lowest BCUT2D eigenvalue weighted by atomic mass is 10.1. The second-order valence-corrected chi connectivity index (χ2v) is 7.72. The van der Waals surface area contributed by atoms with Gasteiger partial charge in [0.2, 0.25) is 0 Å². The van der Waals surface area contributed by atoms with E-state index >= 15 is 0 Å². The summed E-state index contributed by atoms with van der Waals surface area (Å²) < 4.78 is 0. The van der Waals surface area contributed by atoms with Crippen molar-refractivity contribution in [2.24, 2.45) is 0 Å². The quantitative estimate of drug-likeness (QED) is 0.616. The highest BCUT2D eigenvalue weighted by molar-refractivity contribution is 7.98. The van der Waals surface area contributed by atoms with Crippen LogP contribution in [0.4, 0.5) is 5.69 Å². The molecule has 4 rings (SSSR count). The first kappa shape index (κ1) is 14.8. The topological polar surface area (TPSA) is 29.1 Å². The third kappa shape index (κ3) is 2.90. The first-order valence-corrected chi connectivity index (χ1v) is 9.30. The fourth-order valence-corrected chi connectivity index (χ4v) is 4.97. The number of benzene rings is 2. The van der Waals surface area contributed by atoms with Crippen LogP contribution in [0.25, 0.3) is 10.4 Å². The number of fused-ring (bicyclic) bond motifs is 3. The van der Waals surface area contributed by atoms with Crippen molar-refractivity contribution in [2.45, 2.75) is 10.6 Å². The second-order valence-electron chi connectivity index (χ2n) is 5.21. The predicted molar refractivity (Wildman–Crippen MR) is 98.7 cm³/mol. The highest BCUT2D eigenvalue weighted by atomic mass is 35.5. The van der Waals surface area contributed by atoms with E-state index in [1.807, 2.05) is 23.9 Å². The van der Waals surface area contributed by atoms with Gasteiger partial charge in [0.25, 0.3) is 5.91 Å². The Labute approximate surface area is 147 Å². The van der Waals surface area contributed by atoms with E-state index in [2.05, 4.69) is 23.5 Å². The van der Waals surface area contributed by atoms with Gasteiger partial charge in [-0.05, 0) is 42.0 Å². The van der Waals surface area contributed by atoms with Crippen molar-refractivity contribution in [1.29, 1.82) is 0 Å². The number of hydrogen-bond donors (Lipinski definition) is 1. The van der Waals surface area contributed by atoms with Crippen LogP contribution in [0.15, 0.2) is 59.5 Å². The molecule has 0 saturated heterocycles. The SMILES string of the molecule is O=C(Nc1ccc(Cl)cc1)c1cc2c(s1)-c1ccccc1SC2. The van der Waals surface area contributed by atoms with Gasteiger partial charge >= 0.3 is 0 Å². The molecular weight excluding hydrogens is 346 g/mol. The van der Waals surface area contributed by atoms with Gasteiger partial charge in [-0.25, -0.2) is 0 Å². The lowest BCUT2D eigenvalue weighted by Crippen LogP contribution is -2.09. The van der Waals surface area contributed by atoms with Crippen molar-refractivity contribution in [3.8, 4) is 10.4 Å². The van der Waals surface area contributed by atoms with Crippen LogP contribution in [0.1, 0.15) is 15.2 Å². The number of rotatable bonds is 2. The van der Waals surface area contributed by atoms with Gasteiger partial charge in [-0.1, -0.05) is 29.8 Å². The lowest BCUT2D eigenvalue weighted by Gasteiger charge is -2.14. The minimum atomic E-state index is -0.0748. The third-order valence-corrected chi connectivity index (χ3v) is 6.23. The summed E-state index contributed by atoms with van der Waals surface area (Å²) in [6.07, 6.45) is 0. The highest BCUT2D eigenvalue weighted by Gasteiger charge is 2.21. The molecule has 2 aromatic carbocycles. The van der Waals surface area contributed by atoms with Gasteiger partial charge in [-0.3, -0.25) is 4.79 Å². The summed E-state index contributed by atoms with van der Waals surface area (Å²) in [7, 11) is 0. The zero-order chi connectivity index (χ0) is 15.8. The van der Waals surface area contributed by atoms with E-state index < -0.39 is 0 Å². The Morgan fingerprint density at radius 3 is 2.70 bits per heavy atom. The molecule has 1 aliphatic rings. The molecule has 0 saturated carbocycles. The van der Waals surface area contributed by atoms with Crippen LogP contribution in [0.5, 0.6) is 0 Å². The van der Waals surface area contributed by atoms with Gasteiger partial charge in [0, 0.05) is 31.8 Å². The van der Waals surface area contributed by atoms with Crippen molar-refractivity contribution < 1.29 is 4.79 Å². The molecule has 0 spiro atoms. The molecule has 1 N–H and O–H groups in total. The molecule has 5 heteroatoms. The Morgan fingerprint density at radius 2 is 1.87 bits per heavy atom. The molecule has 1 aliphatic heterocycles. The molecule has 0 unspecified atom stereocenters. The smallest absolute Gasteiger partial charge is 0.265 e. The third-order valence-electron chi connectivity index (χ3n) is 3.65. The summed E-state index contributed by atoms with van der Waals surface area (Å²) in [6, 6.07) is 17.5. The van der Waals surface area contributed by atoms with Gasteiger partial charge in [0.15, 0.2) is 0 Å². The van der Waals surface area contributed by atoms with E-state index in [0.717, 1.165) is 16.3 Å². The van der Waals surface area contributed by atoms with E-state index in [9.17, 15) is 4.79 Å². The van der Waals surface area contributed by atoms with Crippen LogP contribution in [0.3, 0.4) is 0 Å². The van der Waals surface area contributed by atoms with Gasteiger partial charge in [0.05, 0.1) is 4.88 Å². The van der Waals surface area contributed by atoms with Crippen LogP contribution in [0, 0.1) is 0 Å². The summed E-state index contributed by atoms with van der Waals surface area (Å²) in [5.74, 6) is 0.839. The molecule has 0 fully saturated rings. The zero-order valence-electron chi connectivity index (χ0n) is 12.0. The Hall–Kier alpha value is -1.75. The number of anilines is 1. The molecule has 114 valence electrons. The van der Waals surface area contributed by atoms with E-state index in [1.54, 1.807) is 35.6 Å². The van der Waals surface area contributed by atoms with E-state index in [-0.39, 0.29) is 5.91 Å². The largest absolute Gasteiger partial charge is 0.321 e. The first-order valence-electron chi connectivity index (χ1n) is 7.12. The average molecular weight is 358 g/mol. The van der Waals surface area contributed by atoms with Gasteiger partial charge < -0.3 is 5.32 Å². The van der Waals surface area contributed by atoms with Crippen LogP contribution in [-0.4, -0.2) is 5.91 Å². The standard InChI is InChI=1S/C18H12ClNOS2/c19-12-5-7-13(8-6-12)20-18(21)16-9-11-10-22-15-4-2-1-3-14(15)17(11)23-16/h1-9H,10H2,(H,20,21). The van der Waals surface area contributed by atoms with Gasteiger partial charge in [-0.2, -0.15) is 0 Å². The van der Waals surface area contributed by atoms with E-state index in [0.29, 0.717) is 5.02 Å². The van der Waals surface area contributed by atoms with Crippen molar-refractivity contribution in [3.63, 3.8) is 0 Å². The summed E-state index contributed by atoms with van der Waals surface area (Å²) in [4.78, 5) is 15.7. The van der Waals surface area contributed by atoms with Crippen LogP contribution in [0.2, 0.25) is 5.02 Å². The molecule has 0 bridgehead atoms. The Bertz CT molecular complexity index is 886. The normalized spacial score (nSPS) is 12.4. The van der Waals surface area contributed by atoms with Crippen LogP contribution >= 0.6 is 34.7 Å². The average Bonchev–Trinajstić information content (AvgIpc) is 3.02. The van der Waals surface area contributed by atoms with E-state index in [1.165, 1.54) is 20.9 Å². The number of amides is 1. The number of hydrogen-bond acceptors (Lipinski definition) is 3. The maximum absolute atomic E-state index is 12.5. The van der Waals surface area contributed by atoms with Crippen molar-refractivity contribution in [2.75, 3.05) is 5.32 Å². The van der Waals surface area contributed by atoms with Crippen LogP contribution in [-0.2, 0) is 5.75 Å². The van der Waals surface area contributed by atoms with Crippen molar-refractivity contribution in [1.82, 2.24) is 0 Å². The molecule has 1 aromatic heterocycles. The molecule has 23 heavy (non-hydrogen) atoms. The molecule has 0 radical (unpaired) electrons. The lowest BCUT2D eigenvalue weighted by molar-refractivity contribution is 0.103. The summed E-state index contributed by atoms with van der Waals surface area (Å²) in [5, 5.41) is 3.58. The van der Waals surface area contributed by atoms with Crippen molar-refractivity contribution in [3.05, 3.63) is 70.1 Å². The van der Waals surface area contributed by atoms with Gasteiger partial charge in [0.1, 0.15) is 0 Å². The molecule has 2 nitrogen and oxygen atoms in total. The summed E-state index contributed by atoms with van der Waals surface area (Å²) in [6.45, 7) is 0. The predicted octanol–water partition coefficient (Wildman–Crippen LogP) is 5.93. The Kier molecular flexibility index (Phi) is 3.89. The number of nitrogens with one attached hydrogen (secondary N) is 1. The first-order chi connectivity index (χ1) is 11.2. The number of thioether (sulfide) groups is 1. The second kappa shape index (κ2) is 6.04. The molecule has 2 heterocycles. The molecule has 0 aliphatic carbocycles. The summed E-state index contributed by atoms with van der Waals surface area (Å²) >= 11 is 9.25. The molecule has 3 aromatic rings. The zero-order valence-corrected chi connectivity index (χ0v) is 14.4. The number of thiophene rings is 1. The minimum absolute atomic E-state index is 0.0748. The minimum Gasteiger partial charge on any atom is -0.321 e. The molecule has 1 amide bonds. The monoisotopic (exact) mass is 357 g/mol. The Morgan fingerprint density at radius 1 is 1.09 bits per heavy atom. The maximum atomic E-state index is 12.5. The number of carbonyl (C=O) groups excluding carboxylic acids is 1. The summed E-state index contributed by atoms with van der Waals surface area (Å²) in [5.41, 5.74) is 3.22. The maximum Gasteiger partial charge on any atom is 0.265 e. The van der Waals surface area contributed by atoms with Crippen molar-refractivity contribution >= 4 is 46.3 Å². The molecular formula is C18H12ClNOS2. The fourth-order valence-electron chi connectivity index (χ4n) is 2.54. The van der Waals surface area contributed by atoms with Gasteiger partial charge in [-0.15, -0.1) is 23.1 Å². The molecule has 0 atom stereocenters. The highest BCUT2D eigenvalue weighted by Crippen LogP contribution is 2.45. The Balaban J connectivity index is 1.63.